The van der Waals surface area contributed by atoms with Crippen LogP contribution in [0.3, 0.4) is 0 Å². The molecule has 24 heavy (non-hydrogen) atoms. The zero-order valence-electron chi connectivity index (χ0n) is 13.7. The molecule has 0 spiro atoms. The minimum Gasteiger partial charge on any atom is -0.493 e. The van der Waals surface area contributed by atoms with Crippen LogP contribution < -0.4 is 20.1 Å². The van der Waals surface area contributed by atoms with E-state index in [1.807, 2.05) is 6.07 Å². The van der Waals surface area contributed by atoms with Crippen molar-refractivity contribution < 1.29 is 19.1 Å². The van der Waals surface area contributed by atoms with E-state index in [9.17, 15) is 9.59 Å². The lowest BCUT2D eigenvalue weighted by molar-refractivity contribution is 0.0927. The van der Waals surface area contributed by atoms with Gasteiger partial charge in [0.05, 0.1) is 14.2 Å². The van der Waals surface area contributed by atoms with Crippen LogP contribution in [0.5, 0.6) is 11.5 Å². The van der Waals surface area contributed by atoms with E-state index in [-0.39, 0.29) is 11.8 Å². The summed E-state index contributed by atoms with van der Waals surface area (Å²) in [5, 5.41) is 5.49. The summed E-state index contributed by atoms with van der Waals surface area (Å²) in [6.07, 6.45) is 0. The van der Waals surface area contributed by atoms with E-state index in [2.05, 4.69) is 10.6 Å². The van der Waals surface area contributed by atoms with Gasteiger partial charge in [-0.15, -0.1) is 0 Å². The first-order valence-electron chi connectivity index (χ1n) is 7.49. The normalized spacial score (nSPS) is 9.92. The molecule has 2 aromatic carbocycles. The molecule has 2 amide bonds. The van der Waals surface area contributed by atoms with Gasteiger partial charge in [0.2, 0.25) is 0 Å². The number of carbonyl (C=O) groups is 2. The molecule has 0 fully saturated rings. The molecule has 0 saturated heterocycles. The molecule has 0 aliphatic heterocycles. The van der Waals surface area contributed by atoms with Crippen LogP contribution in [-0.2, 0) is 0 Å². The summed E-state index contributed by atoms with van der Waals surface area (Å²) in [5.41, 5.74) is 1.05. The van der Waals surface area contributed by atoms with Crippen molar-refractivity contribution in [1.29, 1.82) is 0 Å². The summed E-state index contributed by atoms with van der Waals surface area (Å²) in [6, 6.07) is 13.8. The van der Waals surface area contributed by atoms with Crippen LogP contribution in [0.25, 0.3) is 0 Å². The Kier molecular flexibility index (Phi) is 6.19. The van der Waals surface area contributed by atoms with Gasteiger partial charge in [-0.25, -0.2) is 0 Å². The topological polar surface area (TPSA) is 76.7 Å². The first-order chi connectivity index (χ1) is 11.7. The average molecular weight is 328 g/mol. The van der Waals surface area contributed by atoms with Crippen LogP contribution in [0.2, 0.25) is 0 Å². The Bertz CT molecular complexity index is 701. The number of hydrogen-bond acceptors (Lipinski definition) is 4. The highest BCUT2D eigenvalue weighted by atomic mass is 16.5. The Hall–Kier alpha value is -3.02. The standard InChI is InChI=1S/C18H20N2O4/c1-23-15-9-8-14(12-16(15)24-2)18(22)20-11-10-19-17(21)13-6-4-3-5-7-13/h3-9,12H,10-11H2,1-2H3,(H,19,21)(H,20,22). The van der Waals surface area contributed by atoms with E-state index < -0.39 is 0 Å². The van der Waals surface area contributed by atoms with Crippen molar-refractivity contribution >= 4 is 11.8 Å². The molecule has 2 aromatic rings. The molecule has 2 rings (SSSR count). The lowest BCUT2D eigenvalue weighted by atomic mass is 10.2. The molecular weight excluding hydrogens is 308 g/mol. The second kappa shape index (κ2) is 8.57. The number of amides is 2. The van der Waals surface area contributed by atoms with Crippen LogP contribution in [-0.4, -0.2) is 39.1 Å². The van der Waals surface area contributed by atoms with Gasteiger partial charge in [-0.05, 0) is 30.3 Å². The number of nitrogens with one attached hydrogen (secondary N) is 2. The fourth-order valence-electron chi connectivity index (χ4n) is 2.12. The third-order valence-electron chi connectivity index (χ3n) is 3.38. The predicted molar refractivity (Wildman–Crippen MR) is 90.7 cm³/mol. The number of carbonyl (C=O) groups excluding carboxylic acids is 2. The third kappa shape index (κ3) is 4.49. The molecule has 0 unspecified atom stereocenters. The Labute approximate surface area is 140 Å². The van der Waals surface area contributed by atoms with E-state index in [0.717, 1.165) is 0 Å². The maximum Gasteiger partial charge on any atom is 0.251 e. The van der Waals surface area contributed by atoms with Crippen LogP contribution in [0, 0.1) is 0 Å². The van der Waals surface area contributed by atoms with Crippen molar-refractivity contribution in [3.63, 3.8) is 0 Å². The van der Waals surface area contributed by atoms with Crippen molar-refractivity contribution in [2.75, 3.05) is 27.3 Å². The van der Waals surface area contributed by atoms with Crippen molar-refractivity contribution in [1.82, 2.24) is 10.6 Å². The highest BCUT2D eigenvalue weighted by Crippen LogP contribution is 2.27. The molecule has 0 saturated carbocycles. The van der Waals surface area contributed by atoms with Gasteiger partial charge in [0, 0.05) is 24.2 Å². The summed E-state index contributed by atoms with van der Waals surface area (Å²) in [7, 11) is 3.05. The molecule has 0 aliphatic carbocycles. The van der Waals surface area contributed by atoms with Gasteiger partial charge in [0.1, 0.15) is 0 Å². The van der Waals surface area contributed by atoms with E-state index in [1.165, 1.54) is 14.2 Å². The van der Waals surface area contributed by atoms with Gasteiger partial charge in [-0.3, -0.25) is 9.59 Å². The predicted octanol–water partition coefficient (Wildman–Crippen LogP) is 1.86. The highest BCUT2D eigenvalue weighted by molar-refractivity contribution is 5.95. The third-order valence-corrected chi connectivity index (χ3v) is 3.38. The van der Waals surface area contributed by atoms with Gasteiger partial charge in [0.15, 0.2) is 11.5 Å². The zero-order valence-corrected chi connectivity index (χ0v) is 13.7. The average Bonchev–Trinajstić information content (AvgIpc) is 2.64. The summed E-state index contributed by atoms with van der Waals surface area (Å²) < 4.78 is 10.3. The maximum absolute atomic E-state index is 12.1. The maximum atomic E-state index is 12.1. The molecule has 126 valence electrons. The van der Waals surface area contributed by atoms with Gasteiger partial charge in [-0.2, -0.15) is 0 Å². The van der Waals surface area contributed by atoms with Crippen molar-refractivity contribution in [3.8, 4) is 11.5 Å². The van der Waals surface area contributed by atoms with Crippen molar-refractivity contribution in [2.45, 2.75) is 0 Å². The van der Waals surface area contributed by atoms with Gasteiger partial charge in [-0.1, -0.05) is 18.2 Å². The van der Waals surface area contributed by atoms with Crippen molar-refractivity contribution in [3.05, 3.63) is 59.7 Å². The molecule has 0 aliphatic rings. The van der Waals surface area contributed by atoms with E-state index in [4.69, 9.17) is 9.47 Å². The second-order valence-corrected chi connectivity index (χ2v) is 4.95. The second-order valence-electron chi connectivity index (χ2n) is 4.95. The molecule has 0 bridgehead atoms. The molecule has 0 heterocycles. The lowest BCUT2D eigenvalue weighted by Crippen LogP contribution is -2.34. The number of ether oxygens (including phenoxy) is 2. The Morgan fingerprint density at radius 1 is 0.792 bits per heavy atom. The van der Waals surface area contributed by atoms with Crippen molar-refractivity contribution in [2.24, 2.45) is 0 Å². The number of benzene rings is 2. The van der Waals surface area contributed by atoms with Crippen LogP contribution >= 0.6 is 0 Å². The SMILES string of the molecule is COc1ccc(C(=O)NCCNC(=O)c2ccccc2)cc1OC. The Morgan fingerprint density at radius 3 is 1.96 bits per heavy atom. The highest BCUT2D eigenvalue weighted by Gasteiger charge is 2.10. The van der Waals surface area contributed by atoms with Crippen LogP contribution in [0.15, 0.2) is 48.5 Å². The first kappa shape index (κ1) is 17.3. The Morgan fingerprint density at radius 2 is 1.38 bits per heavy atom. The van der Waals surface area contributed by atoms with E-state index in [0.29, 0.717) is 35.7 Å². The van der Waals surface area contributed by atoms with E-state index >= 15 is 0 Å². The number of hydrogen-bond donors (Lipinski definition) is 2. The molecule has 6 heteroatoms. The smallest absolute Gasteiger partial charge is 0.251 e. The summed E-state index contributed by atoms with van der Waals surface area (Å²) in [5.74, 6) is 0.632. The minimum absolute atomic E-state index is 0.170. The summed E-state index contributed by atoms with van der Waals surface area (Å²) in [6.45, 7) is 0.665. The van der Waals surface area contributed by atoms with Gasteiger partial charge < -0.3 is 20.1 Å². The molecular formula is C18H20N2O4. The fourth-order valence-corrected chi connectivity index (χ4v) is 2.12. The summed E-state index contributed by atoms with van der Waals surface area (Å²) in [4.78, 5) is 24.0. The Balaban J connectivity index is 1.82. The molecule has 0 aromatic heterocycles. The largest absolute Gasteiger partial charge is 0.493 e. The molecule has 2 N–H and O–H groups in total. The molecule has 0 atom stereocenters. The fraction of sp³-hybridized carbons (Fsp3) is 0.222. The van der Waals surface area contributed by atoms with Crippen LogP contribution in [0.1, 0.15) is 20.7 Å². The molecule has 6 nitrogen and oxygen atoms in total. The number of rotatable bonds is 7. The quantitative estimate of drug-likeness (QED) is 0.761. The molecule has 0 radical (unpaired) electrons. The van der Waals surface area contributed by atoms with E-state index in [1.54, 1.807) is 42.5 Å². The van der Waals surface area contributed by atoms with Gasteiger partial charge >= 0.3 is 0 Å². The van der Waals surface area contributed by atoms with Crippen LogP contribution in [0.4, 0.5) is 0 Å². The minimum atomic E-state index is -0.245. The lowest BCUT2D eigenvalue weighted by Gasteiger charge is -2.10. The first-order valence-corrected chi connectivity index (χ1v) is 7.49. The summed E-state index contributed by atoms with van der Waals surface area (Å²) >= 11 is 0. The number of methoxy groups -OCH3 is 2. The monoisotopic (exact) mass is 328 g/mol. The van der Waals surface area contributed by atoms with Gasteiger partial charge in [0.25, 0.3) is 11.8 Å². The zero-order chi connectivity index (χ0) is 17.4.